The van der Waals surface area contributed by atoms with E-state index in [0.29, 0.717) is 0 Å². The molecule has 0 aromatic rings. The number of hydrogen-bond donors (Lipinski definition) is 0. The molecule has 50 valence electrons. The molecule has 0 bridgehead atoms. The number of aromatic nitrogens is 3. The van der Waals surface area contributed by atoms with Crippen LogP contribution in [0.15, 0.2) is 24.7 Å². The molecule has 0 amide bonds. The van der Waals surface area contributed by atoms with Crippen LogP contribution < -0.4 is 0 Å². The number of imidazole rings is 1. The molecule has 0 spiro atoms. The minimum Gasteiger partial charge on any atom is -0.334 e. The highest BCUT2D eigenvalue weighted by atomic mass is 15.1. The van der Waals surface area contributed by atoms with Gasteiger partial charge in [-0.2, -0.15) is 0 Å². The number of rotatable bonds is 0. The molecule has 3 heteroatoms. The molecule has 0 unspecified atom stereocenters. The third-order valence-electron chi connectivity index (χ3n) is 1.50. The van der Waals surface area contributed by atoms with E-state index in [1.54, 1.807) is 6.33 Å². The molecule has 2 rings (SSSR count). The van der Waals surface area contributed by atoms with Gasteiger partial charge in [-0.25, -0.2) is 9.97 Å². The summed E-state index contributed by atoms with van der Waals surface area (Å²) in [5.41, 5.74) is 0.949. The summed E-state index contributed by atoms with van der Waals surface area (Å²) in [6.45, 7) is 0. The summed E-state index contributed by atoms with van der Waals surface area (Å²) in [4.78, 5) is 8.12. The molecule has 0 N–H and O–H groups in total. The number of fused-ring (bicyclic) bond motifs is 1. The highest BCUT2D eigenvalue weighted by Crippen LogP contribution is 2.13. The van der Waals surface area contributed by atoms with Crippen molar-refractivity contribution in [2.24, 2.45) is 7.05 Å². The van der Waals surface area contributed by atoms with E-state index in [0.717, 1.165) is 11.5 Å². The molecule has 0 aromatic carbocycles. The van der Waals surface area contributed by atoms with Crippen molar-refractivity contribution in [3.05, 3.63) is 24.7 Å². The molecule has 0 fully saturated rings. The van der Waals surface area contributed by atoms with Crippen LogP contribution in [0.4, 0.5) is 0 Å². The topological polar surface area (TPSA) is 30.7 Å². The van der Waals surface area contributed by atoms with E-state index in [9.17, 15) is 0 Å². The van der Waals surface area contributed by atoms with E-state index in [2.05, 4.69) is 9.97 Å². The first kappa shape index (κ1) is 5.41. The fraction of sp³-hybridized carbons (Fsp3) is 0.143. The second kappa shape index (κ2) is 1.80. The van der Waals surface area contributed by atoms with Gasteiger partial charge in [0.1, 0.15) is 12.0 Å². The molecular weight excluding hydrogens is 126 g/mol. The van der Waals surface area contributed by atoms with Crippen LogP contribution in [0.1, 0.15) is 0 Å². The molecule has 0 radical (unpaired) electrons. The standard InChI is InChI=1S/C7H7N3/c1-10-4-2-3-6-7(10)9-5-8-6/h2-5H,1H3. The average molecular weight is 133 g/mol. The largest absolute Gasteiger partial charge is 0.334 e. The smallest absolute Gasteiger partial charge is 0.160 e. The van der Waals surface area contributed by atoms with Crippen LogP contribution >= 0.6 is 0 Å². The Hall–Kier alpha value is -1.38. The lowest BCUT2D eigenvalue weighted by molar-refractivity contribution is 0.890. The van der Waals surface area contributed by atoms with Gasteiger partial charge >= 0.3 is 0 Å². The fourth-order valence-corrected chi connectivity index (χ4v) is 0.993. The predicted octanol–water partition coefficient (Wildman–Crippen LogP) is 0.920. The highest BCUT2D eigenvalue weighted by Gasteiger charge is 2.04. The van der Waals surface area contributed by atoms with Gasteiger partial charge in [0.15, 0.2) is 5.82 Å². The van der Waals surface area contributed by atoms with Crippen molar-refractivity contribution in [3.63, 3.8) is 0 Å². The molecule has 0 aromatic heterocycles. The number of hydrogen-bond acceptors (Lipinski definition) is 2. The molecule has 2 heterocycles. The van der Waals surface area contributed by atoms with Crippen LogP contribution in [0.5, 0.6) is 0 Å². The quantitative estimate of drug-likeness (QED) is 0.535. The Morgan fingerprint density at radius 3 is 3.10 bits per heavy atom. The van der Waals surface area contributed by atoms with Crippen LogP contribution in [0.25, 0.3) is 11.5 Å². The maximum absolute atomic E-state index is 4.07. The van der Waals surface area contributed by atoms with Gasteiger partial charge in [-0.3, -0.25) is 0 Å². The Labute approximate surface area is 58.7 Å². The van der Waals surface area contributed by atoms with Crippen LogP contribution in [0.2, 0.25) is 0 Å². The number of pyridine rings is 1. The van der Waals surface area contributed by atoms with Gasteiger partial charge in [0.25, 0.3) is 0 Å². The summed E-state index contributed by atoms with van der Waals surface area (Å²) in [6.07, 6.45) is 3.53. The first-order valence-corrected chi connectivity index (χ1v) is 3.10. The van der Waals surface area contributed by atoms with Crippen LogP contribution in [0.3, 0.4) is 0 Å². The lowest BCUT2D eigenvalue weighted by atomic mass is 10.3. The molecule has 0 saturated carbocycles. The van der Waals surface area contributed by atoms with Crippen molar-refractivity contribution in [3.8, 4) is 11.5 Å². The Morgan fingerprint density at radius 1 is 1.40 bits per heavy atom. The van der Waals surface area contributed by atoms with E-state index in [1.165, 1.54) is 0 Å². The second-order valence-electron chi connectivity index (χ2n) is 2.20. The third-order valence-corrected chi connectivity index (χ3v) is 1.50. The first-order chi connectivity index (χ1) is 4.88. The van der Waals surface area contributed by atoms with Crippen molar-refractivity contribution < 1.29 is 0 Å². The Balaban J connectivity index is 2.80. The van der Waals surface area contributed by atoms with Crippen molar-refractivity contribution in [1.82, 2.24) is 14.5 Å². The van der Waals surface area contributed by atoms with Gasteiger partial charge in [0.2, 0.25) is 0 Å². The monoisotopic (exact) mass is 133 g/mol. The van der Waals surface area contributed by atoms with Crippen molar-refractivity contribution >= 4 is 0 Å². The molecule has 0 saturated heterocycles. The molecule has 0 atom stereocenters. The van der Waals surface area contributed by atoms with Crippen molar-refractivity contribution in [2.45, 2.75) is 0 Å². The van der Waals surface area contributed by atoms with Gasteiger partial charge < -0.3 is 4.57 Å². The maximum Gasteiger partial charge on any atom is 0.160 e. The highest BCUT2D eigenvalue weighted by molar-refractivity contribution is 5.50. The molecule has 0 aliphatic carbocycles. The zero-order chi connectivity index (χ0) is 6.97. The summed E-state index contributed by atoms with van der Waals surface area (Å²) >= 11 is 0. The zero-order valence-electron chi connectivity index (χ0n) is 5.65. The van der Waals surface area contributed by atoms with E-state index in [1.807, 2.05) is 29.9 Å². The zero-order valence-corrected chi connectivity index (χ0v) is 5.65. The van der Waals surface area contributed by atoms with Crippen LogP contribution in [0, 0.1) is 0 Å². The predicted molar refractivity (Wildman–Crippen MR) is 37.6 cm³/mol. The Kier molecular flexibility index (Phi) is 0.974. The van der Waals surface area contributed by atoms with Crippen molar-refractivity contribution in [2.75, 3.05) is 0 Å². The van der Waals surface area contributed by atoms with E-state index in [4.69, 9.17) is 0 Å². The number of aryl methyl sites for hydroxylation is 1. The summed E-state index contributed by atoms with van der Waals surface area (Å²) in [6, 6.07) is 3.90. The van der Waals surface area contributed by atoms with Gasteiger partial charge in [-0.05, 0) is 12.1 Å². The van der Waals surface area contributed by atoms with E-state index in [-0.39, 0.29) is 0 Å². The lowest BCUT2D eigenvalue weighted by Gasteiger charge is -2.01. The molecular formula is C7H7N3. The summed E-state index contributed by atoms with van der Waals surface area (Å²) in [5, 5.41) is 0. The number of nitrogens with zero attached hydrogens (tertiary/aromatic N) is 3. The lowest BCUT2D eigenvalue weighted by Crippen LogP contribution is -1.95. The molecule has 2 aliphatic heterocycles. The Morgan fingerprint density at radius 2 is 2.30 bits per heavy atom. The Bertz CT molecular complexity index is 313. The van der Waals surface area contributed by atoms with E-state index < -0.39 is 0 Å². The van der Waals surface area contributed by atoms with Gasteiger partial charge in [-0.1, -0.05) is 0 Å². The van der Waals surface area contributed by atoms with Gasteiger partial charge in [0, 0.05) is 13.2 Å². The van der Waals surface area contributed by atoms with Crippen molar-refractivity contribution in [1.29, 1.82) is 0 Å². The fourth-order valence-electron chi connectivity index (χ4n) is 0.993. The van der Waals surface area contributed by atoms with E-state index >= 15 is 0 Å². The molecule has 3 nitrogen and oxygen atoms in total. The normalized spacial score (nSPS) is 10.5. The summed E-state index contributed by atoms with van der Waals surface area (Å²) in [7, 11) is 1.96. The van der Waals surface area contributed by atoms with Crippen LogP contribution in [-0.4, -0.2) is 14.5 Å². The summed E-state index contributed by atoms with van der Waals surface area (Å²) < 4.78 is 1.95. The maximum atomic E-state index is 4.07. The second-order valence-corrected chi connectivity index (χ2v) is 2.20. The minimum absolute atomic E-state index is 0.933. The first-order valence-electron chi connectivity index (χ1n) is 3.10. The van der Waals surface area contributed by atoms with Gasteiger partial charge in [0.05, 0.1) is 0 Å². The van der Waals surface area contributed by atoms with Gasteiger partial charge in [-0.15, -0.1) is 0 Å². The molecule has 10 heavy (non-hydrogen) atoms. The van der Waals surface area contributed by atoms with Crippen LogP contribution in [-0.2, 0) is 7.05 Å². The SMILES string of the molecule is Cn1cccc2ncnc1-2. The summed E-state index contributed by atoms with van der Waals surface area (Å²) in [5.74, 6) is 0.933. The molecule has 2 aliphatic rings. The third kappa shape index (κ3) is 0.603. The minimum atomic E-state index is 0.933. The average Bonchev–Trinajstić information content (AvgIpc) is 2.36.